The fourth-order valence-electron chi connectivity index (χ4n) is 1.93. The lowest BCUT2D eigenvalue weighted by molar-refractivity contribution is 0.641. The summed E-state index contributed by atoms with van der Waals surface area (Å²) in [4.78, 5) is 25.3. The molecule has 2 heterocycles. The molecule has 2 rings (SSSR count). The molecule has 12 heteroatoms. The van der Waals surface area contributed by atoms with E-state index in [2.05, 4.69) is 29.9 Å². The van der Waals surface area contributed by atoms with Gasteiger partial charge in [0.05, 0.1) is 0 Å². The molecule has 0 saturated carbocycles. The molecule has 0 radical (unpaired) electrons. The summed E-state index contributed by atoms with van der Waals surface area (Å²) in [5, 5.41) is -0.150. The highest BCUT2D eigenvalue weighted by Crippen LogP contribution is 2.23. The lowest BCUT2D eigenvalue weighted by Crippen LogP contribution is -2.24. The molecule has 0 aliphatic rings. The van der Waals surface area contributed by atoms with Crippen molar-refractivity contribution in [1.29, 1.82) is 0 Å². The predicted molar refractivity (Wildman–Crippen MR) is 94.2 cm³/mol. The molecule has 0 fully saturated rings. The number of hydrogen-bond donors (Lipinski definition) is 1. The zero-order valence-corrected chi connectivity index (χ0v) is 15.5. The van der Waals surface area contributed by atoms with Gasteiger partial charge in [-0.3, -0.25) is 4.90 Å². The fourth-order valence-corrected chi connectivity index (χ4v) is 2.64. The molecule has 2 N–H and O–H groups in total. The van der Waals surface area contributed by atoms with Gasteiger partial charge in [0.1, 0.15) is 0 Å². The number of hydrogen-bond acceptors (Lipinski definition) is 8. The fraction of sp³-hybridized carbons (Fsp3) is 0.500. The third kappa shape index (κ3) is 5.78. The standard InChI is InChI=1S/C12H14Cl4N8/c13-7-18-8(14)21-11(20-7)24(6-4-2-1-3-5-17)12-22-9(15)19-10(16)23-12/h1-6,17H2. The van der Waals surface area contributed by atoms with Gasteiger partial charge in [-0.05, 0) is 65.8 Å². The zero-order valence-electron chi connectivity index (χ0n) is 12.5. The number of aromatic nitrogens is 6. The minimum Gasteiger partial charge on any atom is -0.330 e. The molecule has 0 aromatic carbocycles. The van der Waals surface area contributed by atoms with Crippen LogP contribution in [0.15, 0.2) is 0 Å². The van der Waals surface area contributed by atoms with Crippen LogP contribution in [0.25, 0.3) is 0 Å². The molecule has 0 saturated heterocycles. The molecule has 0 amide bonds. The van der Waals surface area contributed by atoms with Crippen LogP contribution in [0, 0.1) is 0 Å². The van der Waals surface area contributed by atoms with Crippen molar-refractivity contribution in [1.82, 2.24) is 29.9 Å². The van der Waals surface area contributed by atoms with Crippen LogP contribution in [-0.2, 0) is 0 Å². The molecule has 8 nitrogen and oxygen atoms in total. The van der Waals surface area contributed by atoms with E-state index in [0.717, 1.165) is 25.7 Å². The van der Waals surface area contributed by atoms with Crippen LogP contribution in [0.5, 0.6) is 0 Å². The van der Waals surface area contributed by atoms with Crippen molar-refractivity contribution in [2.45, 2.75) is 25.7 Å². The monoisotopic (exact) mass is 410 g/mol. The van der Waals surface area contributed by atoms with E-state index in [1.54, 1.807) is 4.90 Å². The summed E-state index contributed by atoms with van der Waals surface area (Å²) in [7, 11) is 0. The van der Waals surface area contributed by atoms with Crippen molar-refractivity contribution in [3.8, 4) is 0 Å². The Balaban J connectivity index is 2.26. The molecule has 0 atom stereocenters. The lowest BCUT2D eigenvalue weighted by Gasteiger charge is -2.20. The second-order valence-corrected chi connectivity index (χ2v) is 6.05. The smallest absolute Gasteiger partial charge is 0.237 e. The van der Waals surface area contributed by atoms with Gasteiger partial charge in [0, 0.05) is 6.54 Å². The second kappa shape index (κ2) is 9.43. The SMILES string of the molecule is NCCCCCCN(c1nc(Cl)nc(Cl)n1)c1nc(Cl)nc(Cl)n1. The van der Waals surface area contributed by atoms with Crippen LogP contribution >= 0.6 is 46.4 Å². The lowest BCUT2D eigenvalue weighted by atomic mass is 10.2. The maximum atomic E-state index is 5.85. The van der Waals surface area contributed by atoms with Crippen molar-refractivity contribution in [3.63, 3.8) is 0 Å². The van der Waals surface area contributed by atoms with Crippen LogP contribution < -0.4 is 10.6 Å². The van der Waals surface area contributed by atoms with Crippen LogP contribution in [0.4, 0.5) is 11.9 Å². The van der Waals surface area contributed by atoms with Crippen LogP contribution in [0.1, 0.15) is 25.7 Å². The van der Waals surface area contributed by atoms with E-state index in [1.807, 2.05) is 0 Å². The molecule has 0 aliphatic heterocycles. The molecule has 130 valence electrons. The Morgan fingerprint density at radius 2 is 1.04 bits per heavy atom. The first kappa shape index (κ1) is 19.3. The van der Waals surface area contributed by atoms with Gasteiger partial charge in [-0.25, -0.2) is 0 Å². The molecular formula is C12H14Cl4N8. The van der Waals surface area contributed by atoms with Gasteiger partial charge in [0.2, 0.25) is 33.0 Å². The Labute approximate surface area is 158 Å². The Bertz CT molecular complexity index is 594. The molecular weight excluding hydrogens is 398 g/mol. The van der Waals surface area contributed by atoms with Gasteiger partial charge in [0.25, 0.3) is 0 Å². The van der Waals surface area contributed by atoms with Gasteiger partial charge in [-0.15, -0.1) is 0 Å². The first-order valence-corrected chi connectivity index (χ1v) is 8.62. The Kier molecular flexibility index (Phi) is 7.57. The second-order valence-electron chi connectivity index (χ2n) is 4.70. The van der Waals surface area contributed by atoms with E-state index in [4.69, 9.17) is 52.1 Å². The molecule has 0 aliphatic carbocycles. The molecule has 0 spiro atoms. The summed E-state index contributed by atoms with van der Waals surface area (Å²) < 4.78 is 0. The largest absolute Gasteiger partial charge is 0.330 e. The van der Waals surface area contributed by atoms with E-state index >= 15 is 0 Å². The average molecular weight is 412 g/mol. The third-order valence-electron chi connectivity index (χ3n) is 2.96. The highest BCUT2D eigenvalue weighted by molar-refractivity contribution is 6.31. The summed E-state index contributed by atoms with van der Waals surface area (Å²) in [5.74, 6) is 0.411. The van der Waals surface area contributed by atoms with Crippen molar-refractivity contribution in [2.75, 3.05) is 18.0 Å². The number of halogens is 4. The van der Waals surface area contributed by atoms with E-state index in [-0.39, 0.29) is 33.0 Å². The van der Waals surface area contributed by atoms with Gasteiger partial charge < -0.3 is 5.73 Å². The summed E-state index contributed by atoms with van der Waals surface area (Å²) in [6, 6.07) is 0. The quantitative estimate of drug-likeness (QED) is 0.659. The normalized spacial score (nSPS) is 10.9. The molecule has 2 aromatic rings. The summed E-state index contributed by atoms with van der Waals surface area (Å²) in [5.41, 5.74) is 5.50. The zero-order chi connectivity index (χ0) is 17.5. The van der Waals surface area contributed by atoms with Crippen molar-refractivity contribution < 1.29 is 0 Å². The number of unbranched alkanes of at least 4 members (excludes halogenated alkanes) is 3. The summed E-state index contributed by atoms with van der Waals surface area (Å²) in [6.45, 7) is 1.18. The molecule has 24 heavy (non-hydrogen) atoms. The summed E-state index contributed by atoms with van der Waals surface area (Å²) in [6.07, 6.45) is 3.77. The summed E-state index contributed by atoms with van der Waals surface area (Å²) >= 11 is 23.4. The predicted octanol–water partition coefficient (Wildman–Crippen LogP) is 3.33. The maximum Gasteiger partial charge on any atom is 0.237 e. The molecule has 0 unspecified atom stereocenters. The first-order chi connectivity index (χ1) is 11.5. The Hall–Kier alpha value is -1.06. The van der Waals surface area contributed by atoms with Crippen molar-refractivity contribution in [3.05, 3.63) is 21.1 Å². The number of nitrogens with zero attached hydrogens (tertiary/aromatic N) is 7. The van der Waals surface area contributed by atoms with Crippen LogP contribution in [0.2, 0.25) is 21.1 Å². The molecule has 2 aromatic heterocycles. The van der Waals surface area contributed by atoms with E-state index in [9.17, 15) is 0 Å². The van der Waals surface area contributed by atoms with Crippen LogP contribution in [0.3, 0.4) is 0 Å². The minimum atomic E-state index is -0.0376. The highest BCUT2D eigenvalue weighted by Gasteiger charge is 2.19. The van der Waals surface area contributed by atoms with Crippen LogP contribution in [-0.4, -0.2) is 43.0 Å². The topological polar surface area (TPSA) is 107 Å². The average Bonchev–Trinajstić information content (AvgIpc) is 2.48. The molecule has 0 bridgehead atoms. The van der Waals surface area contributed by atoms with Gasteiger partial charge in [0.15, 0.2) is 0 Å². The third-order valence-corrected chi connectivity index (χ3v) is 3.63. The first-order valence-electron chi connectivity index (χ1n) is 7.11. The Morgan fingerprint density at radius 1 is 0.625 bits per heavy atom. The van der Waals surface area contributed by atoms with E-state index in [0.29, 0.717) is 13.1 Å². The number of nitrogens with two attached hydrogens (primary N) is 1. The number of rotatable bonds is 8. The van der Waals surface area contributed by atoms with Gasteiger partial charge in [-0.1, -0.05) is 12.8 Å². The van der Waals surface area contributed by atoms with Crippen molar-refractivity contribution >= 4 is 58.3 Å². The van der Waals surface area contributed by atoms with E-state index < -0.39 is 0 Å². The number of anilines is 2. The van der Waals surface area contributed by atoms with Gasteiger partial charge >= 0.3 is 0 Å². The maximum absolute atomic E-state index is 5.85. The van der Waals surface area contributed by atoms with E-state index in [1.165, 1.54) is 0 Å². The highest BCUT2D eigenvalue weighted by atomic mass is 35.5. The minimum absolute atomic E-state index is 0.0376. The Morgan fingerprint density at radius 3 is 1.46 bits per heavy atom. The van der Waals surface area contributed by atoms with Crippen molar-refractivity contribution in [2.24, 2.45) is 5.73 Å². The van der Waals surface area contributed by atoms with Gasteiger partial charge in [-0.2, -0.15) is 29.9 Å².